The van der Waals surface area contributed by atoms with Crippen LogP contribution in [0.3, 0.4) is 0 Å². The summed E-state index contributed by atoms with van der Waals surface area (Å²) in [4.78, 5) is 0. The number of hydrogen-bond acceptors (Lipinski definition) is 1. The second-order valence-corrected chi connectivity index (χ2v) is 3.32. The topological polar surface area (TPSA) is 26.0 Å². The molecule has 0 fully saturated rings. The van der Waals surface area contributed by atoms with Crippen LogP contribution < -0.4 is 5.73 Å². The van der Waals surface area contributed by atoms with Crippen LogP contribution in [0.25, 0.3) is 0 Å². The van der Waals surface area contributed by atoms with Gasteiger partial charge in [-0.15, -0.1) is 0 Å². The molecule has 1 rings (SSSR count). The summed E-state index contributed by atoms with van der Waals surface area (Å²) in [6.45, 7) is 0. The molecule has 0 saturated heterocycles. The maximum absolute atomic E-state index is 5.68. The monoisotopic (exact) mass is 261 g/mol. The summed E-state index contributed by atoms with van der Waals surface area (Å²) in [5.74, 6) is 0. The number of halogens is 2. The fourth-order valence-electron chi connectivity index (χ4n) is 0.502. The van der Waals surface area contributed by atoms with E-state index in [4.69, 9.17) is 17.3 Å². The fourth-order valence-corrected chi connectivity index (χ4v) is 1.36. The molecule has 0 aliphatic heterocycles. The van der Waals surface area contributed by atoms with Crippen molar-refractivity contribution in [1.82, 2.24) is 0 Å². The summed E-state index contributed by atoms with van der Waals surface area (Å²) in [6, 6.07) is 5.54. The zero-order valence-electron chi connectivity index (χ0n) is 4.57. The standard InChI is InChI=1S/C6H5ClIN.Li.H/c7-5-3-4(8)1-2-6(5)9;;/h1-3H,9H2;;. The molecule has 10 heavy (non-hydrogen) atoms. The van der Waals surface area contributed by atoms with Gasteiger partial charge in [-0.3, -0.25) is 0 Å². The van der Waals surface area contributed by atoms with E-state index in [0.717, 1.165) is 3.57 Å². The molecule has 0 unspecified atom stereocenters. The minimum atomic E-state index is 0. The van der Waals surface area contributed by atoms with Crippen molar-refractivity contribution in [1.29, 1.82) is 0 Å². The van der Waals surface area contributed by atoms with Crippen molar-refractivity contribution in [3.05, 3.63) is 26.8 Å². The van der Waals surface area contributed by atoms with Crippen molar-refractivity contribution < 1.29 is 0 Å². The molecule has 0 atom stereocenters. The third-order valence-electron chi connectivity index (χ3n) is 0.962. The van der Waals surface area contributed by atoms with Gasteiger partial charge in [0.05, 0.1) is 10.7 Å². The number of benzene rings is 1. The molecule has 0 spiro atoms. The van der Waals surface area contributed by atoms with Crippen molar-refractivity contribution >= 4 is 58.7 Å². The Morgan fingerprint density at radius 2 is 2.00 bits per heavy atom. The Morgan fingerprint density at radius 3 is 2.40 bits per heavy atom. The molecule has 0 saturated carbocycles. The van der Waals surface area contributed by atoms with Crippen LogP contribution in [0.4, 0.5) is 5.69 Å². The number of rotatable bonds is 0. The van der Waals surface area contributed by atoms with Gasteiger partial charge in [0.1, 0.15) is 0 Å². The van der Waals surface area contributed by atoms with E-state index in [-0.39, 0.29) is 18.9 Å². The van der Waals surface area contributed by atoms with Crippen molar-refractivity contribution in [3.8, 4) is 0 Å². The van der Waals surface area contributed by atoms with Crippen molar-refractivity contribution in [2.45, 2.75) is 0 Å². The Bertz CT molecular complexity index is 229. The molecule has 2 N–H and O–H groups in total. The van der Waals surface area contributed by atoms with E-state index >= 15 is 0 Å². The molecular formula is C6H6ClILiN. The summed E-state index contributed by atoms with van der Waals surface area (Å²) in [5, 5.41) is 0.627. The Kier molecular flexibility index (Phi) is 4.79. The van der Waals surface area contributed by atoms with Gasteiger partial charge in [-0.1, -0.05) is 11.6 Å². The van der Waals surface area contributed by atoms with E-state index in [1.54, 1.807) is 6.07 Å². The molecule has 0 heterocycles. The predicted octanol–water partition coefficient (Wildman–Crippen LogP) is 1.88. The fraction of sp³-hybridized carbons (Fsp3) is 0. The average Bonchev–Trinajstić information content (AvgIpc) is 1.80. The molecule has 0 amide bonds. The first-order valence-electron chi connectivity index (χ1n) is 2.40. The number of nitrogen functional groups attached to an aromatic ring is 1. The third-order valence-corrected chi connectivity index (χ3v) is 1.96. The van der Waals surface area contributed by atoms with E-state index in [1.807, 2.05) is 12.1 Å². The molecule has 50 valence electrons. The second-order valence-electron chi connectivity index (χ2n) is 1.67. The average molecular weight is 261 g/mol. The van der Waals surface area contributed by atoms with Gasteiger partial charge in [0.15, 0.2) is 0 Å². The first-order chi connectivity index (χ1) is 4.20. The number of anilines is 1. The van der Waals surface area contributed by atoms with Crippen LogP contribution in [0.2, 0.25) is 5.02 Å². The third kappa shape index (κ3) is 2.71. The van der Waals surface area contributed by atoms with Crippen LogP contribution in [0.1, 0.15) is 0 Å². The SMILES string of the molecule is Nc1ccc(I)cc1Cl.[LiH]. The molecule has 0 bridgehead atoms. The zero-order chi connectivity index (χ0) is 6.85. The van der Waals surface area contributed by atoms with E-state index < -0.39 is 0 Å². The first-order valence-corrected chi connectivity index (χ1v) is 3.86. The van der Waals surface area contributed by atoms with Gasteiger partial charge in [0.25, 0.3) is 0 Å². The summed E-state index contributed by atoms with van der Waals surface area (Å²) in [5.41, 5.74) is 6.09. The summed E-state index contributed by atoms with van der Waals surface area (Å²) in [6.07, 6.45) is 0. The van der Waals surface area contributed by atoms with Gasteiger partial charge < -0.3 is 5.73 Å². The van der Waals surface area contributed by atoms with E-state index in [1.165, 1.54) is 0 Å². The van der Waals surface area contributed by atoms with Gasteiger partial charge in [-0.2, -0.15) is 0 Å². The van der Waals surface area contributed by atoms with Crippen LogP contribution in [0, 0.1) is 3.57 Å². The summed E-state index contributed by atoms with van der Waals surface area (Å²) in [7, 11) is 0. The van der Waals surface area contributed by atoms with Gasteiger partial charge >= 0.3 is 18.9 Å². The Morgan fingerprint density at radius 1 is 1.40 bits per heavy atom. The Balaban J connectivity index is 0.000000810. The molecule has 1 aromatic carbocycles. The minimum absolute atomic E-state index is 0. The molecule has 1 aromatic rings. The van der Waals surface area contributed by atoms with Gasteiger partial charge in [0, 0.05) is 3.57 Å². The van der Waals surface area contributed by atoms with Crippen LogP contribution >= 0.6 is 34.2 Å². The normalized spacial score (nSPS) is 8.60. The number of nitrogens with two attached hydrogens (primary N) is 1. The molecule has 0 aromatic heterocycles. The van der Waals surface area contributed by atoms with Gasteiger partial charge in [-0.25, -0.2) is 0 Å². The van der Waals surface area contributed by atoms with Crippen molar-refractivity contribution in [2.75, 3.05) is 5.73 Å². The molecule has 4 heteroatoms. The molecular weight excluding hydrogens is 255 g/mol. The number of hydrogen-bond donors (Lipinski definition) is 1. The van der Waals surface area contributed by atoms with Crippen molar-refractivity contribution in [3.63, 3.8) is 0 Å². The van der Waals surface area contributed by atoms with Crippen LogP contribution in [-0.2, 0) is 0 Å². The molecule has 0 radical (unpaired) electrons. The second kappa shape index (κ2) is 4.50. The predicted molar refractivity (Wildman–Crippen MR) is 55.7 cm³/mol. The van der Waals surface area contributed by atoms with Crippen LogP contribution in [0.5, 0.6) is 0 Å². The van der Waals surface area contributed by atoms with Crippen molar-refractivity contribution in [2.24, 2.45) is 0 Å². The summed E-state index contributed by atoms with van der Waals surface area (Å²) < 4.78 is 1.10. The molecule has 0 aliphatic carbocycles. The van der Waals surface area contributed by atoms with Crippen LogP contribution in [-0.4, -0.2) is 18.9 Å². The van der Waals surface area contributed by atoms with E-state index in [9.17, 15) is 0 Å². The van der Waals surface area contributed by atoms with E-state index in [0.29, 0.717) is 10.7 Å². The van der Waals surface area contributed by atoms with Gasteiger partial charge in [0.2, 0.25) is 0 Å². The quantitative estimate of drug-likeness (QED) is 0.431. The molecule has 1 nitrogen and oxygen atoms in total. The maximum atomic E-state index is 5.68. The molecule has 0 aliphatic rings. The Labute approximate surface area is 90.6 Å². The van der Waals surface area contributed by atoms with E-state index in [2.05, 4.69) is 22.6 Å². The Hall–Kier alpha value is 0.637. The van der Waals surface area contributed by atoms with Gasteiger partial charge in [-0.05, 0) is 40.8 Å². The first kappa shape index (κ1) is 10.6. The van der Waals surface area contributed by atoms with Crippen LogP contribution in [0.15, 0.2) is 18.2 Å². The zero-order valence-corrected chi connectivity index (χ0v) is 7.48. The summed E-state index contributed by atoms with van der Waals surface area (Å²) >= 11 is 7.87.